The highest BCUT2D eigenvalue weighted by Crippen LogP contribution is 2.45. The van der Waals surface area contributed by atoms with Gasteiger partial charge in [0.05, 0.1) is 28.4 Å². The molecule has 2 aromatic carbocycles. The molecular formula is C27H25ClF2N6O2. The summed E-state index contributed by atoms with van der Waals surface area (Å²) in [5, 5.41) is 25.7. The van der Waals surface area contributed by atoms with Crippen LogP contribution in [0.3, 0.4) is 0 Å². The second-order valence-corrected chi connectivity index (χ2v) is 9.59. The molecule has 1 aromatic heterocycles. The number of nitrogens with zero attached hydrogens (tertiary/aromatic N) is 4. The van der Waals surface area contributed by atoms with Gasteiger partial charge in [0.25, 0.3) is 0 Å². The number of nitriles is 1. The predicted octanol–water partition coefficient (Wildman–Crippen LogP) is 5.17. The van der Waals surface area contributed by atoms with Crippen molar-refractivity contribution in [2.24, 2.45) is 0 Å². The quantitative estimate of drug-likeness (QED) is 0.358. The van der Waals surface area contributed by atoms with Crippen LogP contribution in [0, 0.1) is 23.0 Å². The summed E-state index contributed by atoms with van der Waals surface area (Å²) in [6, 6.07) is 9.81. The minimum Gasteiger partial charge on any atom is -0.392 e. The summed E-state index contributed by atoms with van der Waals surface area (Å²) in [6.45, 7) is 2.77. The van der Waals surface area contributed by atoms with Crippen LogP contribution in [0.2, 0.25) is 5.02 Å². The molecule has 2 atom stereocenters. The number of carbonyl (C=O) groups is 1. The van der Waals surface area contributed by atoms with Crippen LogP contribution in [0.5, 0.6) is 0 Å². The van der Waals surface area contributed by atoms with E-state index in [1.807, 2.05) is 6.07 Å². The fourth-order valence-corrected chi connectivity index (χ4v) is 4.90. The molecule has 0 bridgehead atoms. The molecule has 3 N–H and O–H groups in total. The first-order valence-electron chi connectivity index (χ1n) is 12.3. The second kappa shape index (κ2) is 10.5. The van der Waals surface area contributed by atoms with Gasteiger partial charge in [-0.3, -0.25) is 9.80 Å². The van der Waals surface area contributed by atoms with Crippen LogP contribution in [0.1, 0.15) is 25.3 Å². The number of aliphatic hydroxyl groups excluding tert-OH is 1. The number of urea groups is 1. The van der Waals surface area contributed by atoms with Crippen molar-refractivity contribution in [1.82, 2.24) is 10.3 Å². The number of amides is 2. The highest BCUT2D eigenvalue weighted by atomic mass is 35.5. The summed E-state index contributed by atoms with van der Waals surface area (Å²) in [7, 11) is 0. The van der Waals surface area contributed by atoms with E-state index in [-0.39, 0.29) is 35.6 Å². The monoisotopic (exact) mass is 538 g/mol. The Morgan fingerprint density at radius 1 is 1.16 bits per heavy atom. The van der Waals surface area contributed by atoms with E-state index in [1.165, 1.54) is 17.2 Å². The van der Waals surface area contributed by atoms with E-state index in [4.69, 9.17) is 11.6 Å². The minimum atomic E-state index is -0.954. The van der Waals surface area contributed by atoms with Gasteiger partial charge in [-0.05, 0) is 50.1 Å². The molecule has 0 spiro atoms. The molecule has 196 valence electrons. The van der Waals surface area contributed by atoms with Gasteiger partial charge in [0, 0.05) is 48.7 Å². The van der Waals surface area contributed by atoms with Gasteiger partial charge >= 0.3 is 6.03 Å². The topological polar surface area (TPSA) is 105 Å². The fraction of sp³-hybridized carbons (Fsp3) is 0.296. The van der Waals surface area contributed by atoms with Crippen molar-refractivity contribution in [3.05, 3.63) is 64.8 Å². The number of hydrogen-bond acceptors (Lipinski definition) is 6. The van der Waals surface area contributed by atoms with Crippen LogP contribution in [-0.2, 0) is 0 Å². The number of benzene rings is 2. The van der Waals surface area contributed by atoms with E-state index in [0.29, 0.717) is 35.1 Å². The van der Waals surface area contributed by atoms with Crippen LogP contribution < -0.4 is 20.4 Å². The SMILES string of the molecule is CCN1C(=O)N(c2c(F)cc(NCCN[C@@H]3CC[C@H]3O)cc2F)c2cc(C#N)ccc2-c2cc(Cl)cnc21. The lowest BCUT2D eigenvalue weighted by Gasteiger charge is -2.33. The summed E-state index contributed by atoms with van der Waals surface area (Å²) in [4.78, 5) is 20.4. The van der Waals surface area contributed by atoms with Crippen molar-refractivity contribution in [2.75, 3.05) is 34.8 Å². The molecule has 5 rings (SSSR count). The molecule has 2 heterocycles. The Labute approximate surface area is 223 Å². The van der Waals surface area contributed by atoms with Crippen molar-refractivity contribution in [3.63, 3.8) is 0 Å². The van der Waals surface area contributed by atoms with Crippen LogP contribution >= 0.6 is 11.6 Å². The van der Waals surface area contributed by atoms with Gasteiger partial charge in [0.1, 0.15) is 11.5 Å². The third-order valence-electron chi connectivity index (χ3n) is 6.82. The maximum absolute atomic E-state index is 15.6. The molecule has 38 heavy (non-hydrogen) atoms. The van der Waals surface area contributed by atoms with Crippen LogP contribution in [-0.4, -0.2) is 47.9 Å². The summed E-state index contributed by atoms with van der Waals surface area (Å²) >= 11 is 6.22. The summed E-state index contributed by atoms with van der Waals surface area (Å²) in [5.74, 6) is -1.62. The first-order chi connectivity index (χ1) is 18.3. The highest BCUT2D eigenvalue weighted by molar-refractivity contribution is 6.31. The Bertz CT molecular complexity index is 1420. The lowest BCUT2D eigenvalue weighted by molar-refractivity contribution is 0.0509. The number of hydrogen-bond donors (Lipinski definition) is 3. The Hall–Kier alpha value is -3.78. The lowest BCUT2D eigenvalue weighted by Crippen LogP contribution is -2.49. The zero-order valence-electron chi connectivity index (χ0n) is 20.5. The normalized spacial score (nSPS) is 18.3. The Morgan fingerprint density at radius 3 is 2.55 bits per heavy atom. The molecule has 3 aromatic rings. The van der Waals surface area contributed by atoms with E-state index in [0.717, 1.165) is 29.9 Å². The third kappa shape index (κ3) is 4.65. The number of fused-ring (bicyclic) bond motifs is 3. The van der Waals surface area contributed by atoms with Gasteiger partial charge in [0.2, 0.25) is 0 Å². The lowest BCUT2D eigenvalue weighted by atomic mass is 9.89. The first kappa shape index (κ1) is 25.9. The van der Waals surface area contributed by atoms with E-state index in [9.17, 15) is 15.2 Å². The van der Waals surface area contributed by atoms with Gasteiger partial charge < -0.3 is 15.7 Å². The van der Waals surface area contributed by atoms with Crippen molar-refractivity contribution >= 4 is 40.5 Å². The molecule has 0 radical (unpaired) electrons. The number of aromatic nitrogens is 1. The number of nitrogens with one attached hydrogen (secondary N) is 2. The number of pyridine rings is 1. The number of rotatable bonds is 7. The molecule has 2 amide bonds. The van der Waals surface area contributed by atoms with Crippen molar-refractivity contribution in [3.8, 4) is 17.2 Å². The van der Waals surface area contributed by atoms with E-state index in [1.54, 1.807) is 25.1 Å². The number of halogens is 3. The van der Waals surface area contributed by atoms with Crippen molar-refractivity contribution < 1.29 is 18.7 Å². The van der Waals surface area contributed by atoms with Crippen LogP contribution in [0.4, 0.5) is 36.5 Å². The zero-order valence-corrected chi connectivity index (χ0v) is 21.3. The van der Waals surface area contributed by atoms with E-state index in [2.05, 4.69) is 15.6 Å². The standard InChI is InChI=1S/C27H25ClF2N6O2/c1-2-35-26-19(10-16(28)14-34-26)18-4-3-15(13-31)9-23(18)36(27(35)38)25-20(29)11-17(12-21(25)30)32-7-8-33-22-5-6-24(22)37/h3-4,9-12,14,22,24,32-33,37H,2,5-8H2,1H3/t22-,24-/m1/s1. The molecule has 1 aliphatic heterocycles. The average molecular weight is 539 g/mol. The number of aliphatic hydroxyl groups is 1. The van der Waals surface area contributed by atoms with Crippen LogP contribution in [0.15, 0.2) is 42.6 Å². The molecule has 1 aliphatic carbocycles. The Balaban J connectivity index is 1.54. The number of carbonyl (C=O) groups excluding carboxylic acids is 1. The molecule has 0 unspecified atom stereocenters. The Morgan fingerprint density at radius 2 is 1.92 bits per heavy atom. The van der Waals surface area contributed by atoms with E-state index >= 15 is 8.78 Å². The van der Waals surface area contributed by atoms with E-state index < -0.39 is 23.4 Å². The van der Waals surface area contributed by atoms with Gasteiger partial charge in [-0.15, -0.1) is 0 Å². The maximum atomic E-state index is 15.6. The minimum absolute atomic E-state index is 0.0371. The smallest absolute Gasteiger partial charge is 0.334 e. The molecule has 2 aliphatic rings. The van der Waals surface area contributed by atoms with Crippen molar-refractivity contribution in [1.29, 1.82) is 5.26 Å². The first-order valence-corrected chi connectivity index (χ1v) is 12.7. The van der Waals surface area contributed by atoms with Crippen molar-refractivity contribution in [2.45, 2.75) is 31.9 Å². The summed E-state index contributed by atoms with van der Waals surface area (Å²) in [5.41, 5.74) is 0.937. The molecule has 1 saturated carbocycles. The Kier molecular flexibility index (Phi) is 7.17. The molecule has 1 fully saturated rings. The largest absolute Gasteiger partial charge is 0.392 e. The second-order valence-electron chi connectivity index (χ2n) is 9.15. The molecular weight excluding hydrogens is 514 g/mol. The van der Waals surface area contributed by atoms with Gasteiger partial charge in [-0.2, -0.15) is 5.26 Å². The summed E-state index contributed by atoms with van der Waals surface area (Å²) < 4.78 is 31.2. The van der Waals surface area contributed by atoms with Gasteiger partial charge in [0.15, 0.2) is 11.6 Å². The fourth-order valence-electron chi connectivity index (χ4n) is 4.74. The summed E-state index contributed by atoms with van der Waals surface area (Å²) in [6.07, 6.45) is 2.69. The number of anilines is 4. The maximum Gasteiger partial charge on any atom is 0.334 e. The van der Waals surface area contributed by atoms with Crippen LogP contribution in [0.25, 0.3) is 11.1 Å². The third-order valence-corrected chi connectivity index (χ3v) is 7.03. The molecule has 0 saturated heterocycles. The molecule has 8 nitrogen and oxygen atoms in total. The average Bonchev–Trinajstić information content (AvgIpc) is 2.99. The molecule has 11 heteroatoms. The zero-order chi connectivity index (χ0) is 27.0. The predicted molar refractivity (Wildman–Crippen MR) is 142 cm³/mol. The van der Waals surface area contributed by atoms with Gasteiger partial charge in [-0.1, -0.05) is 17.7 Å². The highest BCUT2D eigenvalue weighted by Gasteiger charge is 2.36. The van der Waals surface area contributed by atoms with Gasteiger partial charge in [-0.25, -0.2) is 18.6 Å².